The monoisotopic (exact) mass is 266 g/mol. The highest BCUT2D eigenvalue weighted by Gasteiger charge is 2.31. The van der Waals surface area contributed by atoms with Gasteiger partial charge in [-0.2, -0.15) is 0 Å². The summed E-state index contributed by atoms with van der Waals surface area (Å²) in [6.07, 6.45) is 5.00. The molecule has 0 aromatic heterocycles. The zero-order chi connectivity index (χ0) is 13.3. The van der Waals surface area contributed by atoms with Gasteiger partial charge in [-0.1, -0.05) is 0 Å². The van der Waals surface area contributed by atoms with Crippen molar-refractivity contribution in [2.75, 3.05) is 20.6 Å². The van der Waals surface area contributed by atoms with Crippen LogP contribution in [-0.2, 0) is 9.59 Å². The predicted molar refractivity (Wildman–Crippen MR) is 72.9 cm³/mol. The average Bonchev–Trinajstić information content (AvgIpc) is 2.62. The maximum absolute atomic E-state index is 11.4. The molecule has 0 aromatic rings. The number of hydrogen-bond donors (Lipinski definition) is 0. The summed E-state index contributed by atoms with van der Waals surface area (Å²) in [6, 6.07) is 0. The Balaban J connectivity index is 1.94. The summed E-state index contributed by atoms with van der Waals surface area (Å²) >= 11 is 1.76. The van der Waals surface area contributed by atoms with Crippen LogP contribution in [0.2, 0.25) is 0 Å². The number of amides is 1. The van der Waals surface area contributed by atoms with E-state index in [0.29, 0.717) is 11.8 Å². The van der Waals surface area contributed by atoms with Crippen LogP contribution in [0, 0.1) is 0 Å². The summed E-state index contributed by atoms with van der Waals surface area (Å²) in [5, 5.41) is 0.326. The van der Waals surface area contributed by atoms with E-state index in [0.717, 1.165) is 18.7 Å². The van der Waals surface area contributed by atoms with Crippen molar-refractivity contribution in [3.05, 3.63) is 22.8 Å². The van der Waals surface area contributed by atoms with Crippen molar-refractivity contribution in [1.29, 1.82) is 0 Å². The maximum atomic E-state index is 11.4. The summed E-state index contributed by atoms with van der Waals surface area (Å²) in [6.45, 7) is 2.33. The number of nitrogens with zero attached hydrogens (tertiary/aromatic N) is 2. The predicted octanol–water partition coefficient (Wildman–Crippen LogP) is 1.60. The fourth-order valence-corrected chi connectivity index (χ4v) is 3.48. The standard InChI is InChI=1S/C13H18N2O2S/c1-9(16)14(2)7-6-13-15(3)11-5-4-10(17)8-12(11)18-13/h4-5,13H,6-8H2,1-3H3. The molecule has 1 heterocycles. The quantitative estimate of drug-likeness (QED) is 0.778. The van der Waals surface area contributed by atoms with Gasteiger partial charge < -0.3 is 9.80 Å². The minimum atomic E-state index is 0.0912. The summed E-state index contributed by atoms with van der Waals surface area (Å²) in [5.74, 6) is 0.268. The topological polar surface area (TPSA) is 40.6 Å². The van der Waals surface area contributed by atoms with E-state index in [4.69, 9.17) is 0 Å². The number of likely N-dealkylation sites (N-methyl/N-ethyl adjacent to an activating group) is 1. The number of allylic oxidation sites excluding steroid dienone is 3. The van der Waals surface area contributed by atoms with E-state index >= 15 is 0 Å². The minimum Gasteiger partial charge on any atom is -0.362 e. The molecule has 2 aliphatic rings. The van der Waals surface area contributed by atoms with Gasteiger partial charge in [0.2, 0.25) is 5.91 Å². The van der Waals surface area contributed by atoms with Crippen LogP contribution in [-0.4, -0.2) is 47.5 Å². The molecular formula is C13H18N2O2S. The van der Waals surface area contributed by atoms with Crippen molar-refractivity contribution in [1.82, 2.24) is 9.80 Å². The highest BCUT2D eigenvalue weighted by Crippen LogP contribution is 2.42. The zero-order valence-corrected chi connectivity index (χ0v) is 11.8. The lowest BCUT2D eigenvalue weighted by molar-refractivity contribution is -0.127. The zero-order valence-electron chi connectivity index (χ0n) is 11.0. The Morgan fingerprint density at radius 3 is 2.94 bits per heavy atom. The van der Waals surface area contributed by atoms with Crippen molar-refractivity contribution in [3.8, 4) is 0 Å². The summed E-state index contributed by atoms with van der Waals surface area (Å²) in [7, 11) is 3.87. The molecule has 0 saturated carbocycles. The summed E-state index contributed by atoms with van der Waals surface area (Å²) < 4.78 is 0. The number of carbonyl (C=O) groups is 2. The molecule has 1 atom stereocenters. The Bertz CT molecular complexity index is 442. The van der Waals surface area contributed by atoms with Crippen LogP contribution >= 0.6 is 11.8 Å². The molecule has 0 spiro atoms. The molecular weight excluding hydrogens is 248 g/mol. The third-order valence-corrected chi connectivity index (χ3v) is 4.85. The first-order chi connectivity index (χ1) is 8.49. The third-order valence-electron chi connectivity index (χ3n) is 3.39. The molecule has 0 bridgehead atoms. The van der Waals surface area contributed by atoms with Crippen molar-refractivity contribution in [3.63, 3.8) is 0 Å². The Morgan fingerprint density at radius 1 is 1.56 bits per heavy atom. The molecule has 1 amide bonds. The molecule has 2 rings (SSSR count). The van der Waals surface area contributed by atoms with Gasteiger partial charge in [0.1, 0.15) is 0 Å². The first-order valence-corrected chi connectivity index (χ1v) is 6.92. The Labute approximate surface area is 112 Å². The Hall–Kier alpha value is -1.23. The summed E-state index contributed by atoms with van der Waals surface area (Å²) in [5.41, 5.74) is 1.16. The first-order valence-electron chi connectivity index (χ1n) is 6.04. The molecule has 4 nitrogen and oxygen atoms in total. The van der Waals surface area contributed by atoms with Gasteiger partial charge in [0.25, 0.3) is 0 Å². The van der Waals surface area contributed by atoms with Gasteiger partial charge >= 0.3 is 0 Å². The molecule has 0 radical (unpaired) electrons. The lowest BCUT2D eigenvalue weighted by atomic mass is 10.1. The molecule has 1 unspecified atom stereocenters. The fraction of sp³-hybridized carbons (Fsp3) is 0.538. The van der Waals surface area contributed by atoms with Gasteiger partial charge in [-0.05, 0) is 18.6 Å². The van der Waals surface area contributed by atoms with Gasteiger partial charge in [0.05, 0.1) is 5.37 Å². The first kappa shape index (κ1) is 13.2. The van der Waals surface area contributed by atoms with Crippen LogP contribution in [0.5, 0.6) is 0 Å². The largest absolute Gasteiger partial charge is 0.362 e. The van der Waals surface area contributed by atoms with E-state index in [1.807, 2.05) is 20.2 Å². The van der Waals surface area contributed by atoms with Crippen molar-refractivity contribution >= 4 is 23.5 Å². The van der Waals surface area contributed by atoms with Gasteiger partial charge in [-0.3, -0.25) is 9.59 Å². The molecule has 18 heavy (non-hydrogen) atoms. The van der Waals surface area contributed by atoms with E-state index in [-0.39, 0.29) is 11.7 Å². The van der Waals surface area contributed by atoms with Gasteiger partial charge in [-0.25, -0.2) is 0 Å². The highest BCUT2D eigenvalue weighted by molar-refractivity contribution is 8.03. The molecule has 5 heteroatoms. The van der Waals surface area contributed by atoms with E-state index in [2.05, 4.69) is 4.90 Å². The van der Waals surface area contributed by atoms with E-state index in [9.17, 15) is 9.59 Å². The fourth-order valence-electron chi connectivity index (χ4n) is 2.10. The molecule has 1 aliphatic carbocycles. The van der Waals surface area contributed by atoms with Crippen LogP contribution in [0.15, 0.2) is 22.8 Å². The second-order valence-corrected chi connectivity index (χ2v) is 5.97. The van der Waals surface area contributed by atoms with E-state index in [1.165, 1.54) is 4.91 Å². The Morgan fingerprint density at radius 2 is 2.28 bits per heavy atom. The number of rotatable bonds is 3. The average molecular weight is 266 g/mol. The Kier molecular flexibility index (Phi) is 3.80. The SMILES string of the molecule is CC(=O)N(C)CCC1SC2=C(C=CC(=O)C2)N1C. The van der Waals surface area contributed by atoms with Gasteiger partial charge in [0.15, 0.2) is 5.78 Å². The summed E-state index contributed by atoms with van der Waals surface area (Å²) in [4.78, 5) is 27.6. The van der Waals surface area contributed by atoms with Crippen LogP contribution in [0.4, 0.5) is 0 Å². The second-order valence-electron chi connectivity index (χ2n) is 4.70. The third kappa shape index (κ3) is 2.61. The maximum Gasteiger partial charge on any atom is 0.219 e. The number of thioether (sulfide) groups is 1. The molecule has 0 aromatic carbocycles. The molecule has 98 valence electrons. The van der Waals surface area contributed by atoms with E-state index in [1.54, 1.807) is 29.7 Å². The van der Waals surface area contributed by atoms with Crippen LogP contribution in [0.3, 0.4) is 0 Å². The van der Waals surface area contributed by atoms with Gasteiger partial charge in [-0.15, -0.1) is 11.8 Å². The smallest absolute Gasteiger partial charge is 0.219 e. The lowest BCUT2D eigenvalue weighted by Gasteiger charge is -2.25. The van der Waals surface area contributed by atoms with Crippen molar-refractivity contribution in [2.24, 2.45) is 0 Å². The molecule has 1 aliphatic heterocycles. The van der Waals surface area contributed by atoms with Crippen LogP contribution in [0.1, 0.15) is 19.8 Å². The highest BCUT2D eigenvalue weighted by atomic mass is 32.2. The minimum absolute atomic E-state index is 0.0912. The molecule has 0 N–H and O–H groups in total. The number of ketones is 1. The number of carbonyl (C=O) groups excluding carboxylic acids is 2. The van der Waals surface area contributed by atoms with Crippen LogP contribution in [0.25, 0.3) is 0 Å². The lowest BCUT2D eigenvalue weighted by Crippen LogP contribution is -2.31. The van der Waals surface area contributed by atoms with Gasteiger partial charge in [0, 0.05) is 44.6 Å². The molecule has 0 saturated heterocycles. The molecule has 0 fully saturated rings. The number of hydrogen-bond acceptors (Lipinski definition) is 4. The van der Waals surface area contributed by atoms with Crippen molar-refractivity contribution < 1.29 is 9.59 Å². The second kappa shape index (κ2) is 5.18. The van der Waals surface area contributed by atoms with E-state index < -0.39 is 0 Å². The van der Waals surface area contributed by atoms with Crippen molar-refractivity contribution in [2.45, 2.75) is 25.1 Å². The normalized spacial score (nSPS) is 22.5. The van der Waals surface area contributed by atoms with Crippen LogP contribution < -0.4 is 0 Å².